The number of rotatable bonds is 6. The Bertz CT molecular complexity index is 647. The van der Waals surface area contributed by atoms with Gasteiger partial charge in [-0.2, -0.15) is 0 Å². The van der Waals surface area contributed by atoms with Crippen LogP contribution >= 0.6 is 0 Å². The molecule has 2 heterocycles. The van der Waals surface area contributed by atoms with E-state index in [1.165, 1.54) is 0 Å². The Labute approximate surface area is 119 Å². The number of aliphatic carboxylic acids is 1. The third-order valence-corrected chi connectivity index (χ3v) is 2.64. The molecule has 0 aromatic carbocycles. The Balaban J connectivity index is 1.81. The molecule has 0 bridgehead atoms. The molecule has 0 saturated carbocycles. The van der Waals surface area contributed by atoms with Crippen LogP contribution in [0.4, 0.5) is 0 Å². The van der Waals surface area contributed by atoms with Crippen molar-refractivity contribution < 1.29 is 19.5 Å². The van der Waals surface area contributed by atoms with Gasteiger partial charge < -0.3 is 20.1 Å². The van der Waals surface area contributed by atoms with E-state index in [1.54, 1.807) is 10.6 Å². The number of aromatic nitrogens is 2. The van der Waals surface area contributed by atoms with Gasteiger partial charge in [0.05, 0.1) is 18.7 Å². The summed E-state index contributed by atoms with van der Waals surface area (Å²) in [7, 11) is 0. The first-order valence-electron chi connectivity index (χ1n) is 6.22. The molecule has 110 valence electrons. The second-order valence-corrected chi connectivity index (χ2v) is 4.32. The number of fused-ring (bicyclic) bond motifs is 1. The molecule has 3 N–H and O–H groups in total. The van der Waals surface area contributed by atoms with Crippen LogP contribution in [0.15, 0.2) is 30.6 Å². The van der Waals surface area contributed by atoms with Gasteiger partial charge in [-0.25, -0.2) is 4.98 Å². The van der Waals surface area contributed by atoms with Crippen LogP contribution in [0.25, 0.3) is 5.65 Å². The number of carbonyl (C=O) groups is 3. The Morgan fingerprint density at radius 3 is 2.62 bits per heavy atom. The zero-order chi connectivity index (χ0) is 15.2. The molecule has 0 atom stereocenters. The molecule has 0 spiro atoms. The van der Waals surface area contributed by atoms with Gasteiger partial charge in [0.15, 0.2) is 0 Å². The van der Waals surface area contributed by atoms with Gasteiger partial charge in [-0.05, 0) is 12.1 Å². The fourth-order valence-corrected chi connectivity index (χ4v) is 1.71. The van der Waals surface area contributed by atoms with Crippen LogP contribution in [0, 0.1) is 0 Å². The molecule has 0 aliphatic carbocycles. The number of hydrogen-bond acceptors (Lipinski definition) is 4. The number of nitrogens with one attached hydrogen (secondary N) is 2. The number of hydrogen-bond donors (Lipinski definition) is 3. The van der Waals surface area contributed by atoms with Gasteiger partial charge >= 0.3 is 5.97 Å². The van der Waals surface area contributed by atoms with E-state index in [0.717, 1.165) is 5.65 Å². The maximum Gasteiger partial charge on any atom is 0.322 e. The lowest BCUT2D eigenvalue weighted by Gasteiger charge is -2.04. The molecule has 0 aliphatic heterocycles. The molecule has 0 aliphatic rings. The average Bonchev–Trinajstić information content (AvgIpc) is 2.84. The van der Waals surface area contributed by atoms with Gasteiger partial charge in [-0.15, -0.1) is 0 Å². The quantitative estimate of drug-likeness (QED) is 0.644. The summed E-state index contributed by atoms with van der Waals surface area (Å²) in [6.45, 7) is -0.735. The zero-order valence-corrected chi connectivity index (χ0v) is 11.1. The normalized spacial score (nSPS) is 10.3. The highest BCUT2D eigenvalue weighted by Gasteiger charge is 2.09. The van der Waals surface area contributed by atoms with Crippen molar-refractivity contribution in [3.63, 3.8) is 0 Å². The first kappa shape index (κ1) is 14.5. The number of nitrogens with zero attached hydrogens (tertiary/aromatic N) is 2. The highest BCUT2D eigenvalue weighted by atomic mass is 16.4. The minimum atomic E-state index is -1.14. The van der Waals surface area contributed by atoms with Crippen LogP contribution in [0.3, 0.4) is 0 Å². The molecular weight excluding hydrogens is 276 g/mol. The minimum absolute atomic E-state index is 0.0495. The molecule has 21 heavy (non-hydrogen) atoms. The molecule has 2 aromatic heterocycles. The van der Waals surface area contributed by atoms with Crippen molar-refractivity contribution in [3.8, 4) is 0 Å². The summed E-state index contributed by atoms with van der Waals surface area (Å²) in [6.07, 6.45) is 3.61. The lowest BCUT2D eigenvalue weighted by molar-refractivity contribution is -0.137. The molecular formula is C13H14N4O4. The molecule has 2 rings (SSSR count). The van der Waals surface area contributed by atoms with Gasteiger partial charge in [-0.1, -0.05) is 6.07 Å². The van der Waals surface area contributed by atoms with Crippen LogP contribution in [0.5, 0.6) is 0 Å². The summed E-state index contributed by atoms with van der Waals surface area (Å²) in [6, 6.07) is 5.52. The van der Waals surface area contributed by atoms with Crippen molar-refractivity contribution in [1.29, 1.82) is 0 Å². The van der Waals surface area contributed by atoms with Crippen molar-refractivity contribution >= 4 is 23.4 Å². The Kier molecular flexibility index (Phi) is 4.50. The summed E-state index contributed by atoms with van der Waals surface area (Å²) in [5.74, 6) is -2.05. The van der Waals surface area contributed by atoms with Gasteiger partial charge in [-0.3, -0.25) is 14.4 Å². The summed E-state index contributed by atoms with van der Waals surface area (Å²) in [4.78, 5) is 37.4. The number of pyridine rings is 1. The van der Waals surface area contributed by atoms with E-state index < -0.39 is 18.4 Å². The van der Waals surface area contributed by atoms with Gasteiger partial charge in [0, 0.05) is 12.4 Å². The average molecular weight is 290 g/mol. The molecule has 0 fully saturated rings. The summed E-state index contributed by atoms with van der Waals surface area (Å²) in [5, 5.41) is 12.9. The zero-order valence-electron chi connectivity index (χ0n) is 11.1. The topological polar surface area (TPSA) is 113 Å². The highest BCUT2D eigenvalue weighted by molar-refractivity contribution is 5.87. The van der Waals surface area contributed by atoms with E-state index in [9.17, 15) is 14.4 Å². The standard InChI is InChI=1S/C13H14N4O4/c18-11(14-6-12(19)15-7-13(20)21)5-9-8-17-4-2-1-3-10(17)16-9/h1-4,8H,5-7H2,(H,14,18)(H,15,19)(H,20,21). The van der Waals surface area contributed by atoms with Crippen LogP contribution in [0.1, 0.15) is 5.69 Å². The summed E-state index contributed by atoms with van der Waals surface area (Å²) >= 11 is 0. The monoisotopic (exact) mass is 290 g/mol. The van der Waals surface area contributed by atoms with E-state index >= 15 is 0 Å². The lowest BCUT2D eigenvalue weighted by atomic mass is 10.3. The Morgan fingerprint density at radius 1 is 1.14 bits per heavy atom. The molecule has 0 unspecified atom stereocenters. The molecule has 8 nitrogen and oxygen atoms in total. The minimum Gasteiger partial charge on any atom is -0.480 e. The maximum absolute atomic E-state index is 11.7. The fourth-order valence-electron chi connectivity index (χ4n) is 1.71. The fraction of sp³-hybridized carbons (Fsp3) is 0.231. The molecule has 2 amide bonds. The molecule has 0 radical (unpaired) electrons. The van der Waals surface area contributed by atoms with E-state index in [1.807, 2.05) is 24.4 Å². The second kappa shape index (κ2) is 6.51. The van der Waals surface area contributed by atoms with Crippen molar-refractivity contribution in [2.45, 2.75) is 6.42 Å². The molecule has 0 saturated heterocycles. The number of carboxylic acid groups (broad SMARTS) is 1. The van der Waals surface area contributed by atoms with Crippen molar-refractivity contribution in [3.05, 3.63) is 36.3 Å². The maximum atomic E-state index is 11.7. The SMILES string of the molecule is O=C(O)CNC(=O)CNC(=O)Cc1cn2ccccc2n1. The van der Waals surface area contributed by atoms with E-state index in [-0.39, 0.29) is 18.9 Å². The highest BCUT2D eigenvalue weighted by Crippen LogP contribution is 2.04. The lowest BCUT2D eigenvalue weighted by Crippen LogP contribution is -2.39. The molecule has 8 heteroatoms. The number of imidazole rings is 1. The Hall–Kier alpha value is -2.90. The predicted molar refractivity (Wildman–Crippen MR) is 72.6 cm³/mol. The predicted octanol–water partition coefficient (Wildman–Crippen LogP) is -0.806. The van der Waals surface area contributed by atoms with E-state index in [4.69, 9.17) is 5.11 Å². The van der Waals surface area contributed by atoms with Gasteiger partial charge in [0.2, 0.25) is 11.8 Å². The van der Waals surface area contributed by atoms with Crippen LogP contribution < -0.4 is 10.6 Å². The van der Waals surface area contributed by atoms with Gasteiger partial charge in [0.25, 0.3) is 0 Å². The Morgan fingerprint density at radius 2 is 1.90 bits per heavy atom. The second-order valence-electron chi connectivity index (χ2n) is 4.32. The largest absolute Gasteiger partial charge is 0.480 e. The van der Waals surface area contributed by atoms with Crippen molar-refractivity contribution in [1.82, 2.24) is 20.0 Å². The third-order valence-electron chi connectivity index (χ3n) is 2.64. The smallest absolute Gasteiger partial charge is 0.322 e. The summed E-state index contributed by atoms with van der Waals surface area (Å²) in [5.41, 5.74) is 1.32. The van der Waals surface area contributed by atoms with E-state index in [0.29, 0.717) is 5.69 Å². The first-order valence-corrected chi connectivity index (χ1v) is 6.22. The number of carbonyl (C=O) groups excluding carboxylic acids is 2. The number of amides is 2. The van der Waals surface area contributed by atoms with Crippen LogP contribution in [-0.4, -0.2) is 45.4 Å². The molecule has 2 aromatic rings. The van der Waals surface area contributed by atoms with Crippen LogP contribution in [-0.2, 0) is 20.8 Å². The first-order chi connectivity index (χ1) is 10.0. The van der Waals surface area contributed by atoms with Crippen molar-refractivity contribution in [2.75, 3.05) is 13.1 Å². The van der Waals surface area contributed by atoms with Crippen molar-refractivity contribution in [2.24, 2.45) is 0 Å². The van der Waals surface area contributed by atoms with Crippen LogP contribution in [0.2, 0.25) is 0 Å². The van der Waals surface area contributed by atoms with E-state index in [2.05, 4.69) is 15.6 Å². The number of carboxylic acids is 1. The summed E-state index contributed by atoms with van der Waals surface area (Å²) < 4.78 is 1.79. The third kappa shape index (κ3) is 4.30. The van der Waals surface area contributed by atoms with Gasteiger partial charge in [0.1, 0.15) is 12.2 Å².